The summed E-state index contributed by atoms with van der Waals surface area (Å²) in [6.45, 7) is 0. The van der Waals surface area contributed by atoms with Crippen LogP contribution in [0.3, 0.4) is 0 Å². The number of carbonyl (C=O) groups is 1. The Hall–Kier alpha value is -1.07. The van der Waals surface area contributed by atoms with E-state index in [1.165, 1.54) is 24.5 Å². The summed E-state index contributed by atoms with van der Waals surface area (Å²) in [5.74, 6) is -0.425. The summed E-state index contributed by atoms with van der Waals surface area (Å²) >= 11 is 7.24. The minimum absolute atomic E-state index is 0.402. The van der Waals surface area contributed by atoms with Crippen molar-refractivity contribution in [3.63, 3.8) is 0 Å². The van der Waals surface area contributed by atoms with Crippen molar-refractivity contribution in [1.82, 2.24) is 4.98 Å². The Labute approximate surface area is 96.4 Å². The van der Waals surface area contributed by atoms with Crippen LogP contribution in [0.1, 0.15) is 10.4 Å². The quantitative estimate of drug-likeness (QED) is 0.558. The molecule has 0 spiro atoms. The molecule has 2 rings (SSSR count). The molecule has 15 heavy (non-hydrogen) atoms. The van der Waals surface area contributed by atoms with Crippen LogP contribution < -0.4 is 4.91 Å². The smallest absolute Gasteiger partial charge is 0.337 e. The second-order valence-corrected chi connectivity index (χ2v) is 4.32. The van der Waals surface area contributed by atoms with Crippen LogP contribution in [0.5, 0.6) is 0 Å². The molecule has 0 fully saturated rings. The average molecular weight is 237 g/mol. The van der Waals surface area contributed by atoms with Crippen LogP contribution in [0.25, 0.3) is 10.2 Å². The topological polar surface area (TPSA) is 39.2 Å². The Bertz CT molecular complexity index is 540. The highest BCUT2D eigenvalue weighted by Crippen LogP contribution is 2.26. The van der Waals surface area contributed by atoms with Gasteiger partial charge in [-0.3, -0.25) is 4.98 Å². The van der Waals surface area contributed by atoms with E-state index in [1.54, 1.807) is 6.07 Å². The molecule has 0 aliphatic carbocycles. The van der Waals surface area contributed by atoms with Gasteiger partial charge in [0.15, 0.2) is 7.85 Å². The van der Waals surface area contributed by atoms with Gasteiger partial charge in [0.1, 0.15) is 0 Å². The molecule has 0 atom stereocenters. The highest BCUT2D eigenvalue weighted by molar-refractivity contribution is 7.25. The third kappa shape index (κ3) is 1.85. The molecule has 3 nitrogen and oxygen atoms in total. The molecule has 1 heterocycles. The summed E-state index contributed by atoms with van der Waals surface area (Å²) in [6.07, 6.45) is 0. The number of hydrogen-bond acceptors (Lipinski definition) is 4. The van der Waals surface area contributed by atoms with Crippen LogP contribution in [-0.2, 0) is 4.74 Å². The summed E-state index contributed by atoms with van der Waals surface area (Å²) in [6, 6.07) is 3.19. The fourth-order valence-electron chi connectivity index (χ4n) is 1.24. The van der Waals surface area contributed by atoms with E-state index in [-0.39, 0.29) is 0 Å². The maximum atomic E-state index is 11.3. The van der Waals surface area contributed by atoms with Gasteiger partial charge >= 0.3 is 5.97 Å². The number of fused-ring (bicyclic) bond motifs is 1. The first-order valence-electron chi connectivity index (χ1n) is 4.05. The zero-order valence-corrected chi connectivity index (χ0v) is 9.35. The van der Waals surface area contributed by atoms with E-state index in [2.05, 4.69) is 9.72 Å². The second kappa shape index (κ2) is 3.83. The number of esters is 1. The van der Waals surface area contributed by atoms with Crippen molar-refractivity contribution in [1.29, 1.82) is 0 Å². The summed E-state index contributed by atoms with van der Waals surface area (Å²) in [4.78, 5) is 15.8. The summed E-state index contributed by atoms with van der Waals surface area (Å²) in [5.41, 5.74) is 1.02. The van der Waals surface area contributed by atoms with Gasteiger partial charge in [-0.25, -0.2) is 4.79 Å². The third-order valence-electron chi connectivity index (χ3n) is 1.89. The van der Waals surface area contributed by atoms with E-state index < -0.39 is 5.97 Å². The number of halogens is 1. The number of hydrogen-bond donors (Lipinski definition) is 0. The number of benzene rings is 1. The molecular formula is C9H5BClNO2S. The fourth-order valence-corrected chi connectivity index (χ4v) is 2.36. The van der Waals surface area contributed by atoms with Crippen molar-refractivity contribution in [3.8, 4) is 0 Å². The SMILES string of the molecule is [B]c1nc2c(Cl)cc(C(=O)OC)cc2s1. The summed E-state index contributed by atoms with van der Waals surface area (Å²) < 4.78 is 5.38. The number of methoxy groups -OCH3 is 1. The molecule has 0 saturated carbocycles. The van der Waals surface area contributed by atoms with Gasteiger partial charge in [-0.05, 0) is 12.1 Å². The first-order valence-corrected chi connectivity index (χ1v) is 5.25. The maximum absolute atomic E-state index is 11.3. The Kier molecular flexibility index (Phi) is 2.67. The van der Waals surface area contributed by atoms with Crippen molar-refractivity contribution in [2.24, 2.45) is 0 Å². The monoisotopic (exact) mass is 237 g/mol. The number of thiazole rings is 1. The van der Waals surface area contributed by atoms with Gasteiger partial charge in [0, 0.05) is 4.91 Å². The largest absolute Gasteiger partial charge is 0.465 e. The second-order valence-electron chi connectivity index (χ2n) is 2.85. The molecule has 0 N–H and O–H groups in total. The molecule has 0 unspecified atom stereocenters. The Morgan fingerprint density at radius 1 is 1.60 bits per heavy atom. The molecule has 0 amide bonds. The van der Waals surface area contributed by atoms with E-state index in [1.807, 2.05) is 0 Å². The Morgan fingerprint density at radius 3 is 3.00 bits per heavy atom. The van der Waals surface area contributed by atoms with Crippen molar-refractivity contribution in [2.45, 2.75) is 0 Å². The first-order chi connectivity index (χ1) is 7.11. The van der Waals surface area contributed by atoms with Gasteiger partial charge in [-0.15, -0.1) is 11.3 Å². The molecular weight excluding hydrogens is 232 g/mol. The van der Waals surface area contributed by atoms with Gasteiger partial charge in [0.2, 0.25) is 0 Å². The molecule has 0 bridgehead atoms. The lowest BCUT2D eigenvalue weighted by atomic mass is 10.2. The number of carbonyl (C=O) groups excluding carboxylic acids is 1. The highest BCUT2D eigenvalue weighted by Gasteiger charge is 2.11. The molecule has 0 aliphatic rings. The lowest BCUT2D eigenvalue weighted by Crippen LogP contribution is -2.00. The fraction of sp³-hybridized carbons (Fsp3) is 0.111. The Balaban J connectivity index is 2.66. The first kappa shape index (κ1) is 10.5. The van der Waals surface area contributed by atoms with Gasteiger partial charge in [-0.1, -0.05) is 11.6 Å². The van der Waals surface area contributed by atoms with Crippen LogP contribution >= 0.6 is 22.9 Å². The predicted molar refractivity (Wildman–Crippen MR) is 61.4 cm³/mol. The third-order valence-corrected chi connectivity index (χ3v) is 3.01. The molecule has 1 aromatic carbocycles. The zero-order chi connectivity index (χ0) is 11.0. The van der Waals surface area contributed by atoms with Gasteiger partial charge in [0.25, 0.3) is 0 Å². The van der Waals surface area contributed by atoms with Crippen molar-refractivity contribution >= 4 is 51.9 Å². The molecule has 2 radical (unpaired) electrons. The molecule has 0 aliphatic heterocycles. The Morgan fingerprint density at radius 2 is 2.33 bits per heavy atom. The lowest BCUT2D eigenvalue weighted by Gasteiger charge is -1.99. The molecule has 0 saturated heterocycles. The van der Waals surface area contributed by atoms with E-state index in [4.69, 9.17) is 19.4 Å². The predicted octanol–water partition coefficient (Wildman–Crippen LogP) is 1.53. The normalized spacial score (nSPS) is 10.5. The zero-order valence-electron chi connectivity index (χ0n) is 7.78. The van der Waals surface area contributed by atoms with E-state index in [0.717, 1.165) is 4.70 Å². The standard InChI is InChI=1S/C9H5BClNO2S/c1-14-8(13)4-2-5(11)7-6(3-4)15-9(10)12-7/h2-3H,1H3. The number of aromatic nitrogens is 1. The minimum atomic E-state index is -0.425. The van der Waals surface area contributed by atoms with Crippen LogP contribution in [0.15, 0.2) is 12.1 Å². The van der Waals surface area contributed by atoms with E-state index >= 15 is 0 Å². The van der Waals surface area contributed by atoms with Gasteiger partial charge < -0.3 is 4.74 Å². The molecule has 2 aromatic rings. The summed E-state index contributed by atoms with van der Waals surface area (Å²) in [7, 11) is 6.87. The maximum Gasteiger partial charge on any atom is 0.337 e. The number of nitrogens with zero attached hydrogens (tertiary/aromatic N) is 1. The minimum Gasteiger partial charge on any atom is -0.465 e. The average Bonchev–Trinajstić information content (AvgIpc) is 2.58. The van der Waals surface area contributed by atoms with E-state index in [9.17, 15) is 4.79 Å². The molecule has 74 valence electrons. The van der Waals surface area contributed by atoms with Gasteiger partial charge in [-0.2, -0.15) is 0 Å². The highest BCUT2D eigenvalue weighted by atomic mass is 35.5. The lowest BCUT2D eigenvalue weighted by molar-refractivity contribution is 0.0601. The van der Waals surface area contributed by atoms with E-state index in [0.29, 0.717) is 21.0 Å². The molecule has 1 aromatic heterocycles. The van der Waals surface area contributed by atoms with Crippen molar-refractivity contribution in [3.05, 3.63) is 22.7 Å². The number of ether oxygens (including phenoxy) is 1. The van der Waals surface area contributed by atoms with Gasteiger partial charge in [0.05, 0.1) is 27.9 Å². The number of rotatable bonds is 1. The van der Waals surface area contributed by atoms with Crippen LogP contribution in [-0.4, -0.2) is 25.9 Å². The van der Waals surface area contributed by atoms with Crippen molar-refractivity contribution in [2.75, 3.05) is 7.11 Å². The van der Waals surface area contributed by atoms with Crippen molar-refractivity contribution < 1.29 is 9.53 Å². The molecule has 6 heteroatoms. The van der Waals surface area contributed by atoms with Crippen LogP contribution in [0.4, 0.5) is 0 Å². The van der Waals surface area contributed by atoms with Crippen LogP contribution in [0.2, 0.25) is 5.02 Å². The van der Waals surface area contributed by atoms with Crippen LogP contribution in [0, 0.1) is 0 Å². The summed E-state index contributed by atoms with van der Waals surface area (Å²) in [5, 5.41) is 0.404.